The van der Waals surface area contributed by atoms with Gasteiger partial charge in [0, 0.05) is 17.5 Å². The molecule has 30 heavy (non-hydrogen) atoms. The van der Waals surface area contributed by atoms with E-state index in [4.69, 9.17) is 9.47 Å². The third kappa shape index (κ3) is 4.77. The molecule has 0 saturated heterocycles. The minimum atomic E-state index is -1.66. The molecule has 1 unspecified atom stereocenters. The smallest absolute Gasteiger partial charge is 0.347 e. The predicted molar refractivity (Wildman–Crippen MR) is 104 cm³/mol. The highest BCUT2D eigenvalue weighted by Gasteiger charge is 2.41. The van der Waals surface area contributed by atoms with Crippen LogP contribution in [0.5, 0.6) is 11.5 Å². The van der Waals surface area contributed by atoms with Crippen LogP contribution in [-0.2, 0) is 0 Å². The second-order valence-electron chi connectivity index (χ2n) is 7.69. The summed E-state index contributed by atoms with van der Waals surface area (Å²) in [6, 6.07) is 7.06. The van der Waals surface area contributed by atoms with Crippen molar-refractivity contribution in [2.75, 3.05) is 0 Å². The van der Waals surface area contributed by atoms with Crippen molar-refractivity contribution < 1.29 is 31.8 Å². The van der Waals surface area contributed by atoms with Crippen LogP contribution in [0.15, 0.2) is 36.4 Å². The van der Waals surface area contributed by atoms with Gasteiger partial charge >= 0.3 is 5.97 Å². The Labute approximate surface area is 173 Å². The van der Waals surface area contributed by atoms with E-state index in [1.807, 2.05) is 6.92 Å². The lowest BCUT2D eigenvalue weighted by atomic mass is 9.71. The van der Waals surface area contributed by atoms with Gasteiger partial charge in [-0.2, -0.15) is 0 Å². The zero-order chi connectivity index (χ0) is 21.7. The number of halogens is 4. The second-order valence-corrected chi connectivity index (χ2v) is 7.69. The van der Waals surface area contributed by atoms with Crippen molar-refractivity contribution in [2.45, 2.75) is 58.2 Å². The molecule has 0 aromatic heterocycles. The summed E-state index contributed by atoms with van der Waals surface area (Å²) in [5, 5.41) is 0. The molecule has 0 heterocycles. The zero-order valence-electron chi connectivity index (χ0n) is 16.7. The molecule has 3 nitrogen and oxygen atoms in total. The van der Waals surface area contributed by atoms with Gasteiger partial charge in [-0.05, 0) is 31.4 Å². The average Bonchev–Trinajstić information content (AvgIpc) is 2.73. The molecule has 3 rings (SSSR count). The summed E-state index contributed by atoms with van der Waals surface area (Å²) < 4.78 is 65.8. The Morgan fingerprint density at radius 3 is 2.33 bits per heavy atom. The van der Waals surface area contributed by atoms with E-state index in [9.17, 15) is 18.0 Å². The predicted octanol–water partition coefficient (Wildman–Crippen LogP) is 6.75. The molecule has 1 aliphatic rings. The molecule has 2 aromatic rings. The van der Waals surface area contributed by atoms with E-state index in [1.165, 1.54) is 18.2 Å². The highest BCUT2D eigenvalue weighted by atomic mass is 19.2. The van der Waals surface area contributed by atoms with Gasteiger partial charge in [-0.1, -0.05) is 44.7 Å². The SMILES string of the molecule is CCCC1(C(F)Oc2ccccc2C(=O)Oc2cc(F)c(F)c(F)c2)CCCCC1. The first-order valence-electron chi connectivity index (χ1n) is 10.1. The summed E-state index contributed by atoms with van der Waals surface area (Å²) in [6.45, 7) is 2.00. The lowest BCUT2D eigenvalue weighted by molar-refractivity contribution is -0.0788. The summed E-state index contributed by atoms with van der Waals surface area (Å²) in [5.74, 6) is -6.13. The highest BCUT2D eigenvalue weighted by molar-refractivity contribution is 5.94. The highest BCUT2D eigenvalue weighted by Crippen LogP contribution is 2.45. The fourth-order valence-corrected chi connectivity index (χ4v) is 4.07. The van der Waals surface area contributed by atoms with E-state index in [-0.39, 0.29) is 11.3 Å². The van der Waals surface area contributed by atoms with Crippen LogP contribution < -0.4 is 9.47 Å². The summed E-state index contributed by atoms with van der Waals surface area (Å²) in [5.41, 5.74) is -0.694. The van der Waals surface area contributed by atoms with Crippen LogP contribution in [-0.4, -0.2) is 12.3 Å². The number of rotatable bonds is 7. The Bertz CT molecular complexity index is 865. The number of carbonyl (C=O) groups is 1. The van der Waals surface area contributed by atoms with Crippen LogP contribution >= 0.6 is 0 Å². The Kier molecular flexibility index (Phi) is 7.00. The van der Waals surface area contributed by atoms with Gasteiger partial charge in [0.1, 0.15) is 17.1 Å². The van der Waals surface area contributed by atoms with E-state index >= 15 is 4.39 Å². The number of hydrogen-bond donors (Lipinski definition) is 0. The average molecular weight is 424 g/mol. The largest absolute Gasteiger partial charge is 0.459 e. The van der Waals surface area contributed by atoms with Gasteiger partial charge in [-0.3, -0.25) is 0 Å². The molecule has 162 valence electrons. The quantitative estimate of drug-likeness (QED) is 0.213. The molecule has 7 heteroatoms. The Balaban J connectivity index is 1.80. The molecule has 1 fully saturated rings. The Morgan fingerprint density at radius 2 is 1.70 bits per heavy atom. The molecule has 1 saturated carbocycles. The van der Waals surface area contributed by atoms with Crippen molar-refractivity contribution >= 4 is 5.97 Å². The van der Waals surface area contributed by atoms with Gasteiger partial charge in [0.2, 0.25) is 6.36 Å². The minimum absolute atomic E-state index is 0.0147. The van der Waals surface area contributed by atoms with E-state index < -0.39 is 40.9 Å². The van der Waals surface area contributed by atoms with E-state index in [1.54, 1.807) is 6.07 Å². The number of para-hydroxylation sites is 1. The van der Waals surface area contributed by atoms with Crippen molar-refractivity contribution in [3.8, 4) is 11.5 Å². The maximum absolute atomic E-state index is 15.3. The van der Waals surface area contributed by atoms with Gasteiger partial charge in [-0.15, -0.1) is 0 Å². The van der Waals surface area contributed by atoms with E-state index in [2.05, 4.69) is 0 Å². The number of benzene rings is 2. The molecular formula is C23H24F4O3. The summed E-state index contributed by atoms with van der Waals surface area (Å²) in [7, 11) is 0. The van der Waals surface area contributed by atoms with Crippen LogP contribution in [0.25, 0.3) is 0 Å². The third-order valence-corrected chi connectivity index (χ3v) is 5.58. The van der Waals surface area contributed by atoms with E-state index in [0.29, 0.717) is 31.4 Å². The van der Waals surface area contributed by atoms with Crippen molar-refractivity contribution in [3.05, 3.63) is 59.4 Å². The van der Waals surface area contributed by atoms with Gasteiger partial charge in [-0.25, -0.2) is 22.4 Å². The molecule has 1 aliphatic carbocycles. The van der Waals surface area contributed by atoms with Gasteiger partial charge in [0.15, 0.2) is 17.5 Å². The summed E-state index contributed by atoms with van der Waals surface area (Å²) in [6.07, 6.45) is 4.22. The maximum atomic E-state index is 15.3. The molecule has 2 aromatic carbocycles. The summed E-state index contributed by atoms with van der Waals surface area (Å²) >= 11 is 0. The first kappa shape index (κ1) is 22.1. The van der Waals surface area contributed by atoms with Crippen LogP contribution in [0.2, 0.25) is 0 Å². The first-order chi connectivity index (χ1) is 14.4. The lowest BCUT2D eigenvalue weighted by Gasteiger charge is -2.39. The van der Waals surface area contributed by atoms with Crippen LogP contribution in [0.4, 0.5) is 17.6 Å². The first-order valence-corrected chi connectivity index (χ1v) is 10.1. The lowest BCUT2D eigenvalue weighted by Crippen LogP contribution is -2.38. The maximum Gasteiger partial charge on any atom is 0.347 e. The van der Waals surface area contributed by atoms with E-state index in [0.717, 1.165) is 25.7 Å². The standard InChI is InChI=1S/C23H24F4O3/c1-2-10-23(11-6-3-7-12-23)22(27)30-19-9-5-4-8-16(19)21(28)29-15-13-17(24)20(26)18(25)14-15/h4-5,8-9,13-14,22H,2-3,6-7,10-12H2,1H3. The minimum Gasteiger partial charge on any atom is -0.459 e. The zero-order valence-corrected chi connectivity index (χ0v) is 16.7. The van der Waals surface area contributed by atoms with Crippen LogP contribution in [0, 0.1) is 22.9 Å². The number of hydrogen-bond acceptors (Lipinski definition) is 3. The fraction of sp³-hybridized carbons (Fsp3) is 0.435. The topological polar surface area (TPSA) is 35.5 Å². The molecule has 1 atom stereocenters. The summed E-state index contributed by atoms with van der Waals surface area (Å²) in [4.78, 5) is 12.5. The third-order valence-electron chi connectivity index (χ3n) is 5.58. The van der Waals surface area contributed by atoms with Crippen molar-refractivity contribution in [1.82, 2.24) is 0 Å². The van der Waals surface area contributed by atoms with Gasteiger partial charge in [0.05, 0.1) is 0 Å². The monoisotopic (exact) mass is 424 g/mol. The number of alkyl halides is 1. The van der Waals surface area contributed by atoms with Crippen LogP contribution in [0.3, 0.4) is 0 Å². The number of carbonyl (C=O) groups excluding carboxylic acids is 1. The van der Waals surface area contributed by atoms with Crippen LogP contribution in [0.1, 0.15) is 62.2 Å². The molecule has 0 aliphatic heterocycles. The van der Waals surface area contributed by atoms with Crippen molar-refractivity contribution in [3.63, 3.8) is 0 Å². The van der Waals surface area contributed by atoms with Gasteiger partial charge in [0.25, 0.3) is 0 Å². The normalized spacial score (nSPS) is 16.7. The molecule has 0 radical (unpaired) electrons. The van der Waals surface area contributed by atoms with Crippen molar-refractivity contribution in [2.24, 2.45) is 5.41 Å². The number of esters is 1. The molecule has 0 bridgehead atoms. The van der Waals surface area contributed by atoms with Crippen molar-refractivity contribution in [1.29, 1.82) is 0 Å². The molecule has 0 amide bonds. The molecular weight excluding hydrogens is 400 g/mol. The van der Waals surface area contributed by atoms with Gasteiger partial charge < -0.3 is 9.47 Å². The Hall–Kier alpha value is -2.57. The Morgan fingerprint density at radius 1 is 1.07 bits per heavy atom. The number of ether oxygens (including phenoxy) is 2. The second kappa shape index (κ2) is 9.49. The fourth-order valence-electron chi connectivity index (χ4n) is 4.07. The molecule has 0 N–H and O–H groups in total. The molecule has 0 spiro atoms.